The number of hydrogen-bond acceptors (Lipinski definition) is 3. The molecule has 4 heteroatoms. The Morgan fingerprint density at radius 2 is 1.72 bits per heavy atom. The Balaban J connectivity index is 1.93. The second-order valence-electron chi connectivity index (χ2n) is 3.99. The molecule has 0 aliphatic carbocycles. The van der Waals surface area contributed by atoms with Crippen molar-refractivity contribution in [1.29, 1.82) is 0 Å². The highest BCUT2D eigenvalue weighted by Crippen LogP contribution is 2.13. The van der Waals surface area contributed by atoms with E-state index in [4.69, 9.17) is 5.73 Å². The van der Waals surface area contributed by atoms with Gasteiger partial charge in [-0.25, -0.2) is 0 Å². The maximum Gasteiger partial charge on any atom is 0.115 e. The first-order valence-corrected chi connectivity index (χ1v) is 5.66. The fraction of sp³-hybridized carbons (Fsp3) is 0. The Labute approximate surface area is 104 Å². The van der Waals surface area contributed by atoms with Gasteiger partial charge in [0, 0.05) is 5.69 Å². The highest BCUT2D eigenvalue weighted by Gasteiger charge is 2.00. The van der Waals surface area contributed by atoms with Crippen LogP contribution in [0, 0.1) is 0 Å². The smallest absolute Gasteiger partial charge is 0.115 e. The molecular weight excluding hydrogens is 224 g/mol. The normalized spacial score (nSPS) is 11.3. The molecule has 18 heavy (non-hydrogen) atoms. The zero-order valence-electron chi connectivity index (χ0n) is 9.69. The molecule has 0 bridgehead atoms. The minimum atomic E-state index is 0.696. The molecule has 3 aromatic rings. The Bertz CT molecular complexity index is 698. The summed E-state index contributed by atoms with van der Waals surface area (Å²) in [7, 11) is 0. The maximum atomic E-state index is 5.70. The fourth-order valence-electron chi connectivity index (χ4n) is 1.73. The van der Waals surface area contributed by atoms with Crippen LogP contribution in [0.25, 0.3) is 23.3 Å². The van der Waals surface area contributed by atoms with Gasteiger partial charge in [0.05, 0.1) is 6.20 Å². The number of fused-ring (bicyclic) bond motifs is 1. The quantitative estimate of drug-likeness (QED) is 0.696. The van der Waals surface area contributed by atoms with Crippen LogP contribution < -0.4 is 5.73 Å². The van der Waals surface area contributed by atoms with E-state index in [2.05, 4.69) is 10.2 Å². The highest BCUT2D eigenvalue weighted by atomic mass is 15.5. The van der Waals surface area contributed by atoms with Crippen molar-refractivity contribution in [2.45, 2.75) is 0 Å². The molecule has 0 saturated carbocycles. The molecule has 0 aliphatic rings. The molecule has 1 heterocycles. The molecule has 0 aliphatic heterocycles. The molecule has 3 rings (SSSR count). The van der Waals surface area contributed by atoms with Gasteiger partial charge in [-0.05, 0) is 29.8 Å². The van der Waals surface area contributed by atoms with Crippen molar-refractivity contribution in [3.8, 4) is 0 Å². The maximum absolute atomic E-state index is 5.70. The molecule has 0 radical (unpaired) electrons. The number of anilines is 1. The van der Waals surface area contributed by atoms with E-state index in [1.54, 1.807) is 4.80 Å². The van der Waals surface area contributed by atoms with Gasteiger partial charge in [-0.1, -0.05) is 30.3 Å². The van der Waals surface area contributed by atoms with Crippen molar-refractivity contribution in [1.82, 2.24) is 15.0 Å². The minimum Gasteiger partial charge on any atom is -0.399 e. The summed E-state index contributed by atoms with van der Waals surface area (Å²) in [5.74, 6) is 0. The molecule has 4 nitrogen and oxygen atoms in total. The average molecular weight is 236 g/mol. The van der Waals surface area contributed by atoms with Crippen LogP contribution in [-0.4, -0.2) is 15.0 Å². The molecule has 0 fully saturated rings. The van der Waals surface area contributed by atoms with E-state index in [-0.39, 0.29) is 0 Å². The van der Waals surface area contributed by atoms with Crippen LogP contribution in [0.3, 0.4) is 0 Å². The first-order chi connectivity index (χ1) is 8.81. The van der Waals surface area contributed by atoms with E-state index in [9.17, 15) is 0 Å². The number of benzene rings is 2. The molecule has 2 N–H and O–H groups in total. The second kappa shape index (κ2) is 4.33. The van der Waals surface area contributed by atoms with Crippen molar-refractivity contribution < 1.29 is 0 Å². The van der Waals surface area contributed by atoms with E-state index in [0.717, 1.165) is 16.6 Å². The van der Waals surface area contributed by atoms with E-state index in [1.807, 2.05) is 60.8 Å². The minimum absolute atomic E-state index is 0.696. The summed E-state index contributed by atoms with van der Waals surface area (Å²) in [6.45, 7) is 0. The van der Waals surface area contributed by atoms with Gasteiger partial charge >= 0.3 is 0 Å². The Kier molecular flexibility index (Phi) is 2.53. The summed E-state index contributed by atoms with van der Waals surface area (Å²) in [6, 6.07) is 15.5. The Morgan fingerprint density at radius 1 is 0.944 bits per heavy atom. The summed E-state index contributed by atoms with van der Waals surface area (Å²) in [4.78, 5) is 1.55. The van der Waals surface area contributed by atoms with Gasteiger partial charge in [-0.15, -0.1) is 10.2 Å². The molecule has 0 spiro atoms. The van der Waals surface area contributed by atoms with Gasteiger partial charge < -0.3 is 5.73 Å². The zero-order chi connectivity index (χ0) is 12.4. The predicted octanol–water partition coefficient (Wildman–Crippen LogP) is 2.64. The summed E-state index contributed by atoms with van der Waals surface area (Å²) in [5.41, 5.74) is 9.14. The van der Waals surface area contributed by atoms with Crippen LogP contribution in [0.2, 0.25) is 0 Å². The molecule has 0 atom stereocenters. The fourth-order valence-corrected chi connectivity index (χ4v) is 1.73. The monoisotopic (exact) mass is 236 g/mol. The number of nitrogen functional groups attached to an aromatic ring is 1. The van der Waals surface area contributed by atoms with E-state index < -0.39 is 0 Å². The number of rotatable bonds is 2. The first-order valence-electron chi connectivity index (χ1n) is 5.66. The van der Waals surface area contributed by atoms with Crippen molar-refractivity contribution in [2.75, 3.05) is 5.73 Å². The lowest BCUT2D eigenvalue weighted by atomic mass is 10.2. The van der Waals surface area contributed by atoms with Crippen molar-refractivity contribution in [3.63, 3.8) is 0 Å². The van der Waals surface area contributed by atoms with Gasteiger partial charge in [0.15, 0.2) is 0 Å². The number of hydrogen-bond donors (Lipinski definition) is 1. The molecule has 1 aromatic heterocycles. The third-order valence-corrected chi connectivity index (χ3v) is 2.62. The Morgan fingerprint density at radius 3 is 2.56 bits per heavy atom. The largest absolute Gasteiger partial charge is 0.399 e. The van der Waals surface area contributed by atoms with Gasteiger partial charge in [-0.3, -0.25) is 0 Å². The van der Waals surface area contributed by atoms with Crippen LogP contribution in [0.4, 0.5) is 5.69 Å². The van der Waals surface area contributed by atoms with Crippen molar-refractivity contribution in [2.24, 2.45) is 0 Å². The van der Waals surface area contributed by atoms with Gasteiger partial charge in [0.1, 0.15) is 11.0 Å². The summed E-state index contributed by atoms with van der Waals surface area (Å²) >= 11 is 0. The van der Waals surface area contributed by atoms with Gasteiger partial charge in [0.2, 0.25) is 0 Å². The van der Waals surface area contributed by atoms with Crippen LogP contribution >= 0.6 is 0 Å². The summed E-state index contributed by atoms with van der Waals surface area (Å²) in [5, 5.41) is 8.66. The topological polar surface area (TPSA) is 56.7 Å². The van der Waals surface area contributed by atoms with E-state index in [1.165, 1.54) is 0 Å². The molecule has 0 amide bonds. The zero-order valence-corrected chi connectivity index (χ0v) is 9.69. The van der Waals surface area contributed by atoms with Crippen LogP contribution in [0.1, 0.15) is 5.56 Å². The SMILES string of the molecule is Nc1ccc2nn(/C=C/c3ccccc3)nc2c1. The van der Waals surface area contributed by atoms with Crippen LogP contribution in [0.15, 0.2) is 48.5 Å². The average Bonchev–Trinajstić information content (AvgIpc) is 2.79. The third-order valence-electron chi connectivity index (χ3n) is 2.62. The third kappa shape index (κ3) is 2.08. The lowest BCUT2D eigenvalue weighted by Crippen LogP contribution is -1.90. The lowest BCUT2D eigenvalue weighted by Gasteiger charge is -1.90. The summed E-state index contributed by atoms with van der Waals surface area (Å²) in [6.07, 6.45) is 3.79. The number of nitrogens with two attached hydrogens (primary N) is 1. The second-order valence-corrected chi connectivity index (χ2v) is 3.99. The highest BCUT2D eigenvalue weighted by molar-refractivity contribution is 5.78. The van der Waals surface area contributed by atoms with Crippen molar-refractivity contribution >= 4 is 29.0 Å². The van der Waals surface area contributed by atoms with E-state index in [0.29, 0.717) is 5.69 Å². The molecule has 2 aromatic carbocycles. The Hall–Kier alpha value is -2.62. The summed E-state index contributed by atoms with van der Waals surface area (Å²) < 4.78 is 0. The van der Waals surface area contributed by atoms with Crippen LogP contribution in [0.5, 0.6) is 0 Å². The standard InChI is InChI=1S/C14H12N4/c15-12-6-7-13-14(10-12)17-18(16-13)9-8-11-4-2-1-3-5-11/h1-10H,15H2/b9-8+. The van der Waals surface area contributed by atoms with Crippen molar-refractivity contribution in [3.05, 3.63) is 54.1 Å². The first kappa shape index (κ1) is 10.5. The number of aromatic nitrogens is 3. The molecule has 88 valence electrons. The van der Waals surface area contributed by atoms with Gasteiger partial charge in [0.25, 0.3) is 0 Å². The van der Waals surface area contributed by atoms with Gasteiger partial charge in [-0.2, -0.15) is 4.80 Å². The molecule has 0 saturated heterocycles. The predicted molar refractivity (Wildman–Crippen MR) is 73.6 cm³/mol. The van der Waals surface area contributed by atoms with Crippen LogP contribution in [-0.2, 0) is 0 Å². The lowest BCUT2D eigenvalue weighted by molar-refractivity contribution is 0.814. The molecular formula is C14H12N4. The number of nitrogens with zero attached hydrogens (tertiary/aromatic N) is 3. The molecule has 0 unspecified atom stereocenters. The van der Waals surface area contributed by atoms with E-state index >= 15 is 0 Å².